The lowest BCUT2D eigenvalue weighted by Gasteiger charge is -2.11. The van der Waals surface area contributed by atoms with Gasteiger partial charge >= 0.3 is 0 Å². The smallest absolute Gasteiger partial charge is 0.292 e. The molecule has 1 amide bonds. The number of anilines is 1. The highest BCUT2D eigenvalue weighted by Gasteiger charge is 2.19. The van der Waals surface area contributed by atoms with E-state index in [0.29, 0.717) is 5.56 Å². The van der Waals surface area contributed by atoms with Crippen molar-refractivity contribution in [3.05, 3.63) is 56.3 Å². The molecule has 1 heterocycles. The first-order chi connectivity index (χ1) is 10.0. The Labute approximate surface area is 124 Å². The van der Waals surface area contributed by atoms with E-state index < -0.39 is 16.9 Å². The Morgan fingerprint density at radius 1 is 1.48 bits per heavy atom. The summed E-state index contributed by atoms with van der Waals surface area (Å²) in [6.07, 6.45) is -0.833. The molecule has 8 heteroatoms. The summed E-state index contributed by atoms with van der Waals surface area (Å²) in [4.78, 5) is 22.1. The number of nitro groups is 1. The Hall–Kier alpha value is -2.45. The van der Waals surface area contributed by atoms with Crippen molar-refractivity contribution >= 4 is 28.6 Å². The predicted octanol–water partition coefficient (Wildman–Crippen LogP) is 1.70. The molecule has 1 aromatic heterocycles. The number of amides is 1. The molecule has 0 fully saturated rings. The Morgan fingerprint density at radius 3 is 2.86 bits per heavy atom. The minimum absolute atomic E-state index is 0.00228. The summed E-state index contributed by atoms with van der Waals surface area (Å²) in [5.74, 6) is -0.564. The lowest BCUT2D eigenvalue weighted by atomic mass is 10.1. The maximum atomic E-state index is 12.0. The van der Waals surface area contributed by atoms with Crippen LogP contribution in [0.15, 0.2) is 35.0 Å². The molecule has 1 unspecified atom stereocenters. The number of para-hydroxylation sites is 1. The van der Waals surface area contributed by atoms with Gasteiger partial charge in [-0.3, -0.25) is 14.9 Å². The van der Waals surface area contributed by atoms with Crippen LogP contribution in [-0.4, -0.2) is 22.5 Å². The van der Waals surface area contributed by atoms with Crippen LogP contribution < -0.4 is 11.1 Å². The van der Waals surface area contributed by atoms with Gasteiger partial charge in [0.15, 0.2) is 0 Å². The van der Waals surface area contributed by atoms with Crippen LogP contribution in [0, 0.1) is 10.1 Å². The third kappa shape index (κ3) is 3.36. The van der Waals surface area contributed by atoms with E-state index in [1.165, 1.54) is 29.5 Å². The van der Waals surface area contributed by atoms with E-state index in [9.17, 15) is 20.0 Å². The van der Waals surface area contributed by atoms with Gasteiger partial charge in [0, 0.05) is 12.6 Å². The summed E-state index contributed by atoms with van der Waals surface area (Å²) < 4.78 is 0. The molecule has 2 aromatic rings. The number of benzene rings is 1. The first kappa shape index (κ1) is 14.9. The maximum Gasteiger partial charge on any atom is 0.292 e. The highest BCUT2D eigenvalue weighted by molar-refractivity contribution is 7.07. The van der Waals surface area contributed by atoms with Gasteiger partial charge in [0.05, 0.1) is 16.6 Å². The van der Waals surface area contributed by atoms with Gasteiger partial charge in [-0.1, -0.05) is 6.07 Å². The molecule has 0 spiro atoms. The average molecular weight is 307 g/mol. The number of aliphatic hydroxyl groups excluding tert-OH is 1. The molecule has 4 N–H and O–H groups in total. The molecule has 0 aliphatic heterocycles. The molecule has 0 radical (unpaired) electrons. The number of nitrogen functional groups attached to an aromatic ring is 1. The second-order valence-corrected chi connectivity index (χ2v) is 5.06. The normalized spacial score (nSPS) is 11.9. The van der Waals surface area contributed by atoms with Crippen LogP contribution in [-0.2, 0) is 0 Å². The van der Waals surface area contributed by atoms with Crippen LogP contribution >= 0.6 is 11.3 Å². The van der Waals surface area contributed by atoms with Crippen LogP contribution in [0.1, 0.15) is 22.0 Å². The highest BCUT2D eigenvalue weighted by atomic mass is 32.1. The van der Waals surface area contributed by atoms with Gasteiger partial charge in [-0.15, -0.1) is 0 Å². The molecular weight excluding hydrogens is 294 g/mol. The predicted molar refractivity (Wildman–Crippen MR) is 79.1 cm³/mol. The zero-order chi connectivity index (χ0) is 15.4. The van der Waals surface area contributed by atoms with Gasteiger partial charge in [-0.05, 0) is 28.5 Å². The molecule has 1 atom stereocenters. The SMILES string of the molecule is Nc1c(C(=O)NCC(O)c2ccsc2)cccc1[N+](=O)[O-]. The fourth-order valence-electron chi connectivity index (χ4n) is 1.78. The van der Waals surface area contributed by atoms with Crippen molar-refractivity contribution in [2.45, 2.75) is 6.10 Å². The number of nitro benzene ring substituents is 1. The summed E-state index contributed by atoms with van der Waals surface area (Å²) in [6.45, 7) is -0.00228. The molecule has 2 rings (SSSR count). The monoisotopic (exact) mass is 307 g/mol. The molecule has 1 aromatic carbocycles. The van der Waals surface area contributed by atoms with E-state index in [0.717, 1.165) is 0 Å². The lowest BCUT2D eigenvalue weighted by molar-refractivity contribution is -0.383. The van der Waals surface area contributed by atoms with Gasteiger partial charge in [0.1, 0.15) is 5.69 Å². The van der Waals surface area contributed by atoms with Gasteiger partial charge < -0.3 is 16.2 Å². The molecule has 21 heavy (non-hydrogen) atoms. The van der Waals surface area contributed by atoms with E-state index in [-0.39, 0.29) is 23.5 Å². The number of aliphatic hydroxyl groups is 1. The number of carbonyl (C=O) groups is 1. The van der Waals surface area contributed by atoms with E-state index in [2.05, 4.69) is 5.32 Å². The molecule has 0 saturated heterocycles. The van der Waals surface area contributed by atoms with Crippen molar-refractivity contribution in [3.63, 3.8) is 0 Å². The van der Waals surface area contributed by atoms with Crippen LogP contribution in [0.25, 0.3) is 0 Å². The second kappa shape index (κ2) is 6.33. The Balaban J connectivity index is 2.07. The van der Waals surface area contributed by atoms with Crippen molar-refractivity contribution in [2.75, 3.05) is 12.3 Å². The number of thiophene rings is 1. The number of carbonyl (C=O) groups excluding carboxylic acids is 1. The molecule has 0 bridgehead atoms. The largest absolute Gasteiger partial charge is 0.393 e. The molecular formula is C13H13N3O4S. The van der Waals surface area contributed by atoms with Gasteiger partial charge in [0.25, 0.3) is 11.6 Å². The number of nitrogens with zero attached hydrogens (tertiary/aromatic N) is 1. The second-order valence-electron chi connectivity index (χ2n) is 4.28. The fraction of sp³-hybridized carbons (Fsp3) is 0.154. The van der Waals surface area contributed by atoms with Crippen molar-refractivity contribution in [2.24, 2.45) is 0 Å². The first-order valence-corrected chi connectivity index (χ1v) is 6.96. The minimum atomic E-state index is -0.833. The van der Waals surface area contributed by atoms with Crippen LogP contribution in [0.2, 0.25) is 0 Å². The van der Waals surface area contributed by atoms with Crippen molar-refractivity contribution < 1.29 is 14.8 Å². The van der Waals surface area contributed by atoms with Crippen LogP contribution in [0.5, 0.6) is 0 Å². The van der Waals surface area contributed by atoms with Gasteiger partial charge in [-0.25, -0.2) is 0 Å². The molecule has 0 aliphatic carbocycles. The number of hydrogen-bond donors (Lipinski definition) is 3. The Morgan fingerprint density at radius 2 is 2.24 bits per heavy atom. The molecule has 0 aliphatic rings. The third-order valence-corrected chi connectivity index (χ3v) is 3.61. The van der Waals surface area contributed by atoms with E-state index in [1.807, 2.05) is 5.38 Å². The quantitative estimate of drug-likeness (QED) is 0.441. The molecule has 7 nitrogen and oxygen atoms in total. The van der Waals surface area contributed by atoms with E-state index in [1.54, 1.807) is 11.4 Å². The molecule has 0 saturated carbocycles. The number of nitrogens with two attached hydrogens (primary N) is 1. The van der Waals surface area contributed by atoms with E-state index in [4.69, 9.17) is 5.73 Å². The summed E-state index contributed by atoms with van der Waals surface area (Å²) in [5.41, 5.74) is 5.83. The zero-order valence-electron chi connectivity index (χ0n) is 10.9. The maximum absolute atomic E-state index is 12.0. The van der Waals surface area contributed by atoms with Crippen molar-refractivity contribution in [1.82, 2.24) is 5.32 Å². The van der Waals surface area contributed by atoms with Crippen molar-refractivity contribution in [3.8, 4) is 0 Å². The van der Waals surface area contributed by atoms with Crippen molar-refractivity contribution in [1.29, 1.82) is 0 Å². The summed E-state index contributed by atoms with van der Waals surface area (Å²) in [6, 6.07) is 5.77. The van der Waals surface area contributed by atoms with E-state index >= 15 is 0 Å². The first-order valence-electron chi connectivity index (χ1n) is 6.02. The zero-order valence-corrected chi connectivity index (χ0v) is 11.7. The summed E-state index contributed by atoms with van der Waals surface area (Å²) in [7, 11) is 0. The molecule has 110 valence electrons. The Bertz CT molecular complexity index is 657. The highest BCUT2D eigenvalue weighted by Crippen LogP contribution is 2.24. The number of nitrogens with one attached hydrogen (secondary N) is 1. The topological polar surface area (TPSA) is 118 Å². The van der Waals surface area contributed by atoms with Crippen LogP contribution in [0.3, 0.4) is 0 Å². The average Bonchev–Trinajstić information content (AvgIpc) is 2.98. The van der Waals surface area contributed by atoms with Gasteiger partial charge in [-0.2, -0.15) is 11.3 Å². The fourth-order valence-corrected chi connectivity index (χ4v) is 2.48. The summed E-state index contributed by atoms with van der Waals surface area (Å²) >= 11 is 1.44. The summed E-state index contributed by atoms with van der Waals surface area (Å²) in [5, 5.41) is 26.7. The lowest BCUT2D eigenvalue weighted by Crippen LogP contribution is -2.29. The number of rotatable bonds is 5. The third-order valence-electron chi connectivity index (χ3n) is 2.91. The van der Waals surface area contributed by atoms with Gasteiger partial charge in [0.2, 0.25) is 0 Å². The minimum Gasteiger partial charge on any atom is -0.393 e. The Kier molecular flexibility index (Phi) is 4.51. The number of hydrogen-bond acceptors (Lipinski definition) is 6. The van der Waals surface area contributed by atoms with Crippen LogP contribution in [0.4, 0.5) is 11.4 Å². The standard InChI is InChI=1S/C13H13N3O4S/c14-12-9(2-1-3-10(12)16(19)20)13(18)15-6-11(17)8-4-5-21-7-8/h1-5,7,11,17H,6,14H2,(H,15,18).